The molecule has 0 saturated carbocycles. The van der Waals surface area contributed by atoms with Crippen molar-refractivity contribution < 1.29 is 14.6 Å². The van der Waals surface area contributed by atoms with Gasteiger partial charge in [0, 0.05) is 50.1 Å². The number of aliphatic hydroxyl groups excluding tert-OH is 1. The molecule has 3 aromatic rings. The van der Waals surface area contributed by atoms with Crippen LogP contribution in [-0.2, 0) is 9.47 Å². The summed E-state index contributed by atoms with van der Waals surface area (Å²) in [6, 6.07) is 27.9. The van der Waals surface area contributed by atoms with Crippen molar-refractivity contribution in [2.75, 3.05) is 69.0 Å². The highest BCUT2D eigenvalue weighted by molar-refractivity contribution is 5.54. The van der Waals surface area contributed by atoms with Crippen LogP contribution < -0.4 is 9.80 Å². The molecular formula is C38H56N2O3. The van der Waals surface area contributed by atoms with E-state index in [0.29, 0.717) is 25.7 Å². The summed E-state index contributed by atoms with van der Waals surface area (Å²) in [4.78, 5) is 4.80. The lowest BCUT2D eigenvalue weighted by Gasteiger charge is -2.25. The molecule has 0 bridgehead atoms. The van der Waals surface area contributed by atoms with E-state index in [9.17, 15) is 0 Å². The summed E-state index contributed by atoms with van der Waals surface area (Å²) >= 11 is 0. The van der Waals surface area contributed by atoms with Gasteiger partial charge in [0.1, 0.15) is 0 Å². The molecule has 5 nitrogen and oxygen atoms in total. The molecule has 0 saturated heterocycles. The van der Waals surface area contributed by atoms with Gasteiger partial charge in [0.15, 0.2) is 0 Å². The van der Waals surface area contributed by atoms with Crippen LogP contribution in [0.1, 0.15) is 94.4 Å². The zero-order valence-corrected chi connectivity index (χ0v) is 27.4. The Morgan fingerprint density at radius 2 is 0.953 bits per heavy atom. The largest absolute Gasteiger partial charge is 0.394 e. The number of hydrogen-bond donors (Lipinski definition) is 1. The average molecular weight is 589 g/mol. The summed E-state index contributed by atoms with van der Waals surface area (Å²) in [6.45, 7) is 17.6. The Balaban J connectivity index is 1.75. The standard InChI is InChI=1S/C38H56N2O3/c1-6-31(13-11-12-27-42-29-30-43-28-26-41)32-14-16-33(17-15-32)38(34-18-22-36(23-19-34)39(7-2)8-3)35-20-24-37(25-21-35)40(9-4)10-5/h14-25,31,38,41H,6-13,26-30H2,1-5H3. The molecule has 43 heavy (non-hydrogen) atoms. The normalized spacial score (nSPS) is 12.1. The van der Waals surface area contributed by atoms with Crippen LogP contribution >= 0.6 is 0 Å². The third-order valence-electron chi connectivity index (χ3n) is 8.64. The van der Waals surface area contributed by atoms with Crippen LogP contribution in [0.5, 0.6) is 0 Å². The minimum absolute atomic E-state index is 0.0636. The Hall–Kier alpha value is -2.86. The van der Waals surface area contributed by atoms with Gasteiger partial charge < -0.3 is 24.4 Å². The molecule has 5 heteroatoms. The van der Waals surface area contributed by atoms with Gasteiger partial charge in [-0.3, -0.25) is 0 Å². The van der Waals surface area contributed by atoms with Crippen LogP contribution in [0.4, 0.5) is 11.4 Å². The fourth-order valence-corrected chi connectivity index (χ4v) is 6.06. The van der Waals surface area contributed by atoms with E-state index in [4.69, 9.17) is 14.6 Å². The van der Waals surface area contributed by atoms with Crippen LogP contribution in [0.25, 0.3) is 0 Å². The highest BCUT2D eigenvalue weighted by atomic mass is 16.5. The first kappa shape index (κ1) is 34.6. The fraction of sp³-hybridized carbons (Fsp3) is 0.526. The van der Waals surface area contributed by atoms with Crippen molar-refractivity contribution in [3.63, 3.8) is 0 Å². The summed E-state index contributed by atoms with van der Waals surface area (Å²) in [5.41, 5.74) is 7.98. The van der Waals surface area contributed by atoms with E-state index >= 15 is 0 Å². The van der Waals surface area contributed by atoms with Crippen LogP contribution in [0.3, 0.4) is 0 Å². The Morgan fingerprint density at radius 1 is 0.535 bits per heavy atom. The SMILES string of the molecule is CCC(CCCCOCCOCCO)c1ccc(C(c2ccc(N(CC)CC)cc2)c2ccc(N(CC)CC)cc2)cc1. The zero-order valence-electron chi connectivity index (χ0n) is 27.4. The molecule has 0 fully saturated rings. The molecule has 0 aliphatic carbocycles. The number of rotatable bonds is 21. The topological polar surface area (TPSA) is 45.2 Å². The minimum Gasteiger partial charge on any atom is -0.394 e. The molecule has 0 amide bonds. The molecule has 3 aromatic carbocycles. The summed E-state index contributed by atoms with van der Waals surface area (Å²) in [6.07, 6.45) is 4.52. The van der Waals surface area contributed by atoms with E-state index in [2.05, 4.69) is 117 Å². The van der Waals surface area contributed by atoms with Crippen molar-refractivity contribution in [2.24, 2.45) is 0 Å². The number of aliphatic hydroxyl groups is 1. The first-order chi connectivity index (χ1) is 21.1. The lowest BCUT2D eigenvalue weighted by molar-refractivity contribution is 0.0320. The number of anilines is 2. The van der Waals surface area contributed by atoms with E-state index < -0.39 is 0 Å². The first-order valence-electron chi connectivity index (χ1n) is 16.7. The van der Waals surface area contributed by atoms with Gasteiger partial charge in [-0.2, -0.15) is 0 Å². The second-order valence-corrected chi connectivity index (χ2v) is 11.2. The predicted molar refractivity (Wildman–Crippen MR) is 183 cm³/mol. The molecule has 0 aromatic heterocycles. The Morgan fingerprint density at radius 3 is 1.37 bits per heavy atom. The van der Waals surface area contributed by atoms with Crippen LogP contribution in [-0.4, -0.2) is 64.3 Å². The molecule has 0 aliphatic heterocycles. The summed E-state index contributed by atoms with van der Waals surface area (Å²) in [7, 11) is 0. The molecular weight excluding hydrogens is 532 g/mol. The average Bonchev–Trinajstić information content (AvgIpc) is 3.05. The maximum Gasteiger partial charge on any atom is 0.0701 e. The van der Waals surface area contributed by atoms with Crippen molar-refractivity contribution >= 4 is 11.4 Å². The highest BCUT2D eigenvalue weighted by Crippen LogP contribution is 2.35. The fourth-order valence-electron chi connectivity index (χ4n) is 6.06. The van der Waals surface area contributed by atoms with Crippen molar-refractivity contribution in [1.29, 1.82) is 0 Å². The van der Waals surface area contributed by atoms with Gasteiger partial charge in [0.25, 0.3) is 0 Å². The molecule has 3 rings (SSSR count). The Bertz CT molecular complexity index is 1070. The molecule has 0 spiro atoms. The monoisotopic (exact) mass is 588 g/mol. The van der Waals surface area contributed by atoms with E-state index in [1.807, 2.05) is 0 Å². The van der Waals surface area contributed by atoms with Crippen molar-refractivity contribution in [3.05, 3.63) is 95.1 Å². The quantitative estimate of drug-likeness (QED) is 0.100. The van der Waals surface area contributed by atoms with Crippen molar-refractivity contribution in [3.8, 4) is 0 Å². The maximum absolute atomic E-state index is 8.77. The lowest BCUT2D eigenvalue weighted by atomic mass is 9.83. The molecule has 1 unspecified atom stereocenters. The summed E-state index contributed by atoms with van der Waals surface area (Å²) < 4.78 is 10.9. The van der Waals surface area contributed by atoms with Gasteiger partial charge in [-0.15, -0.1) is 0 Å². The second kappa shape index (κ2) is 19.4. The van der Waals surface area contributed by atoms with Crippen molar-refractivity contribution in [2.45, 2.75) is 72.1 Å². The number of hydrogen-bond acceptors (Lipinski definition) is 5. The van der Waals surface area contributed by atoms with Crippen LogP contribution in [0, 0.1) is 0 Å². The zero-order chi connectivity index (χ0) is 30.9. The minimum atomic E-state index is 0.0636. The molecule has 236 valence electrons. The third kappa shape index (κ3) is 10.4. The van der Waals surface area contributed by atoms with E-state index in [1.165, 1.54) is 40.0 Å². The Labute approximate surface area is 261 Å². The van der Waals surface area contributed by atoms with Gasteiger partial charge in [-0.05, 0) is 99.4 Å². The summed E-state index contributed by atoms with van der Waals surface area (Å²) in [5.74, 6) is 0.742. The predicted octanol–water partition coefficient (Wildman–Crippen LogP) is 8.25. The van der Waals surface area contributed by atoms with Gasteiger partial charge in [0.2, 0.25) is 0 Å². The number of unbranched alkanes of at least 4 members (excludes halogenated alkanes) is 1. The molecule has 1 N–H and O–H groups in total. The van der Waals surface area contributed by atoms with Gasteiger partial charge in [-0.25, -0.2) is 0 Å². The number of ether oxygens (including phenoxy) is 2. The molecule has 0 radical (unpaired) electrons. The van der Waals surface area contributed by atoms with E-state index in [1.54, 1.807) is 0 Å². The Kier molecular flexibility index (Phi) is 15.6. The third-order valence-corrected chi connectivity index (χ3v) is 8.64. The lowest BCUT2D eigenvalue weighted by Crippen LogP contribution is -2.21. The van der Waals surface area contributed by atoms with E-state index in [-0.39, 0.29) is 12.5 Å². The molecule has 0 aliphatic rings. The van der Waals surface area contributed by atoms with Crippen molar-refractivity contribution in [1.82, 2.24) is 0 Å². The van der Waals surface area contributed by atoms with Crippen LogP contribution in [0.15, 0.2) is 72.8 Å². The number of nitrogens with zero attached hydrogens (tertiary/aromatic N) is 2. The van der Waals surface area contributed by atoms with Gasteiger partial charge in [-0.1, -0.05) is 61.9 Å². The van der Waals surface area contributed by atoms with E-state index in [0.717, 1.165) is 52.0 Å². The smallest absolute Gasteiger partial charge is 0.0701 e. The first-order valence-corrected chi connectivity index (χ1v) is 16.7. The second-order valence-electron chi connectivity index (χ2n) is 11.2. The highest BCUT2D eigenvalue weighted by Gasteiger charge is 2.19. The maximum atomic E-state index is 8.77. The van der Waals surface area contributed by atoms with Gasteiger partial charge >= 0.3 is 0 Å². The van der Waals surface area contributed by atoms with Crippen LogP contribution in [0.2, 0.25) is 0 Å². The van der Waals surface area contributed by atoms with Gasteiger partial charge in [0.05, 0.1) is 26.4 Å². The molecule has 0 heterocycles. The summed E-state index contributed by atoms with van der Waals surface area (Å²) in [5, 5.41) is 8.77. The number of benzene rings is 3. The molecule has 1 atom stereocenters.